The summed E-state index contributed by atoms with van der Waals surface area (Å²) in [6, 6.07) is 3.79. The molecule has 27 heavy (non-hydrogen) atoms. The van der Waals surface area contributed by atoms with Crippen LogP contribution in [0.1, 0.15) is 33.1 Å². The minimum atomic E-state index is -3.54. The van der Waals surface area contributed by atoms with Gasteiger partial charge in [0.1, 0.15) is 4.90 Å². The molecule has 2 atom stereocenters. The molecule has 0 bridgehead atoms. The maximum absolute atomic E-state index is 12.6. The number of rotatable bonds is 5. The van der Waals surface area contributed by atoms with E-state index in [-0.39, 0.29) is 22.9 Å². The van der Waals surface area contributed by atoms with Crippen LogP contribution in [0, 0.1) is 0 Å². The summed E-state index contributed by atoms with van der Waals surface area (Å²) in [6.45, 7) is 5.74. The van der Waals surface area contributed by atoms with Crippen LogP contribution >= 0.6 is 11.8 Å². The van der Waals surface area contributed by atoms with Crippen LogP contribution in [0.4, 0.5) is 0 Å². The zero-order valence-corrected chi connectivity index (χ0v) is 17.5. The summed E-state index contributed by atoms with van der Waals surface area (Å²) in [4.78, 5) is 19.0. The number of hydrogen-bond acceptors (Lipinski definition) is 6. The van der Waals surface area contributed by atoms with Gasteiger partial charge in [-0.15, -0.1) is 0 Å². The molecule has 2 saturated heterocycles. The van der Waals surface area contributed by atoms with Crippen LogP contribution in [0.5, 0.6) is 0 Å². The van der Waals surface area contributed by atoms with E-state index in [1.165, 1.54) is 28.7 Å². The number of pyridine rings is 1. The maximum Gasteiger partial charge on any atom is 0.244 e. The van der Waals surface area contributed by atoms with Crippen molar-refractivity contribution in [3.63, 3.8) is 0 Å². The maximum atomic E-state index is 12.6. The largest absolute Gasteiger partial charge is 0.379 e. The highest BCUT2D eigenvalue weighted by molar-refractivity contribution is 7.99. The fourth-order valence-electron chi connectivity index (χ4n) is 3.66. The van der Waals surface area contributed by atoms with E-state index in [1.54, 1.807) is 12.1 Å². The van der Waals surface area contributed by atoms with Crippen LogP contribution in [-0.2, 0) is 19.6 Å². The Morgan fingerprint density at radius 3 is 2.48 bits per heavy atom. The van der Waals surface area contributed by atoms with Gasteiger partial charge in [-0.3, -0.25) is 4.79 Å². The van der Waals surface area contributed by atoms with Crippen molar-refractivity contribution in [3.8, 4) is 0 Å². The smallest absolute Gasteiger partial charge is 0.244 e. The van der Waals surface area contributed by atoms with Crippen molar-refractivity contribution < 1.29 is 17.9 Å². The van der Waals surface area contributed by atoms with Gasteiger partial charge in [0.15, 0.2) is 0 Å². The number of sulfonamides is 1. The first kappa shape index (κ1) is 20.6. The van der Waals surface area contributed by atoms with Gasteiger partial charge < -0.3 is 9.64 Å². The van der Waals surface area contributed by atoms with Gasteiger partial charge in [0, 0.05) is 31.4 Å². The molecule has 9 heteroatoms. The Kier molecular flexibility index (Phi) is 6.78. The number of thioether (sulfide) groups is 1. The van der Waals surface area contributed by atoms with Crippen LogP contribution < -0.4 is 0 Å². The lowest BCUT2D eigenvalue weighted by Gasteiger charge is -2.39. The fraction of sp³-hybridized carbons (Fsp3) is 0.667. The van der Waals surface area contributed by atoms with Crippen LogP contribution in [0.2, 0.25) is 0 Å². The monoisotopic (exact) mass is 413 g/mol. The highest BCUT2D eigenvalue weighted by atomic mass is 32.2. The van der Waals surface area contributed by atoms with Gasteiger partial charge in [-0.2, -0.15) is 4.31 Å². The van der Waals surface area contributed by atoms with Gasteiger partial charge in [-0.1, -0.05) is 11.8 Å². The number of amides is 1. The van der Waals surface area contributed by atoms with Crippen LogP contribution in [-0.4, -0.2) is 72.7 Å². The highest BCUT2D eigenvalue weighted by Crippen LogP contribution is 2.25. The number of aromatic nitrogens is 1. The Morgan fingerprint density at radius 1 is 1.22 bits per heavy atom. The summed E-state index contributed by atoms with van der Waals surface area (Å²) in [5, 5.41) is 0.654. The first-order chi connectivity index (χ1) is 12.9. The van der Waals surface area contributed by atoms with Gasteiger partial charge in [0.05, 0.1) is 24.0 Å². The first-order valence-corrected chi connectivity index (χ1v) is 11.8. The van der Waals surface area contributed by atoms with Crippen molar-refractivity contribution in [2.45, 2.75) is 55.1 Å². The van der Waals surface area contributed by atoms with Crippen molar-refractivity contribution in [1.29, 1.82) is 0 Å². The van der Waals surface area contributed by atoms with Crippen molar-refractivity contribution in [2.75, 3.05) is 32.1 Å². The minimum absolute atomic E-state index is 0.117. The first-order valence-electron chi connectivity index (χ1n) is 9.37. The van der Waals surface area contributed by atoms with Crippen molar-refractivity contribution in [2.24, 2.45) is 0 Å². The van der Waals surface area contributed by atoms with E-state index in [1.807, 2.05) is 4.90 Å². The SMILES string of the molecule is CC1CCCC(C)N1C(=O)CSc1ccc(S(=O)(=O)N2CCOCC2)cn1. The molecule has 2 fully saturated rings. The zero-order chi connectivity index (χ0) is 19.4. The number of likely N-dealkylation sites (tertiary alicyclic amines) is 1. The Balaban J connectivity index is 1.60. The molecule has 1 aromatic rings. The third-order valence-electron chi connectivity index (χ3n) is 5.14. The Morgan fingerprint density at radius 2 is 1.89 bits per heavy atom. The lowest BCUT2D eigenvalue weighted by molar-refractivity contribution is -0.134. The van der Waals surface area contributed by atoms with Gasteiger partial charge in [0.25, 0.3) is 0 Å². The van der Waals surface area contributed by atoms with E-state index in [0.29, 0.717) is 37.1 Å². The van der Waals surface area contributed by atoms with Crippen LogP contribution in [0.3, 0.4) is 0 Å². The molecular formula is C18H27N3O4S2. The predicted octanol–water partition coefficient (Wildman–Crippen LogP) is 1.98. The molecule has 2 aliphatic rings. The van der Waals surface area contributed by atoms with Gasteiger partial charge in [0.2, 0.25) is 15.9 Å². The van der Waals surface area contributed by atoms with Crippen LogP contribution in [0.25, 0.3) is 0 Å². The molecule has 2 unspecified atom stereocenters. The van der Waals surface area contributed by atoms with Gasteiger partial charge >= 0.3 is 0 Å². The second-order valence-electron chi connectivity index (χ2n) is 7.07. The lowest BCUT2D eigenvalue weighted by Crippen LogP contribution is -2.48. The standard InChI is InChI=1S/C18H27N3O4S2/c1-14-4-3-5-15(2)21(14)18(22)13-26-17-7-6-16(12-19-17)27(23,24)20-8-10-25-11-9-20/h6-7,12,14-15H,3-5,8-11,13H2,1-2H3. The normalized spacial score (nSPS) is 24.7. The molecular weight excluding hydrogens is 386 g/mol. The van der Waals surface area contributed by atoms with Crippen molar-refractivity contribution in [1.82, 2.24) is 14.2 Å². The molecule has 1 amide bonds. The minimum Gasteiger partial charge on any atom is -0.379 e. The molecule has 3 heterocycles. The van der Waals surface area contributed by atoms with Crippen molar-refractivity contribution in [3.05, 3.63) is 18.3 Å². The summed E-state index contributed by atoms with van der Waals surface area (Å²) in [7, 11) is -3.54. The number of hydrogen-bond donors (Lipinski definition) is 0. The molecule has 0 aliphatic carbocycles. The van der Waals surface area contributed by atoms with Gasteiger partial charge in [-0.05, 0) is 45.2 Å². The Bertz CT molecular complexity index is 738. The average Bonchev–Trinajstić information content (AvgIpc) is 2.67. The quantitative estimate of drug-likeness (QED) is 0.687. The molecule has 150 valence electrons. The van der Waals surface area contributed by atoms with Crippen LogP contribution in [0.15, 0.2) is 28.3 Å². The average molecular weight is 414 g/mol. The van der Waals surface area contributed by atoms with E-state index in [0.717, 1.165) is 12.8 Å². The van der Waals surface area contributed by atoms with E-state index in [2.05, 4.69) is 18.8 Å². The molecule has 7 nitrogen and oxygen atoms in total. The molecule has 0 saturated carbocycles. The summed E-state index contributed by atoms with van der Waals surface area (Å²) < 4.78 is 31.8. The molecule has 0 N–H and O–H groups in total. The third-order valence-corrected chi connectivity index (χ3v) is 7.95. The molecule has 0 aromatic carbocycles. The van der Waals surface area contributed by atoms with E-state index < -0.39 is 10.0 Å². The number of piperidine rings is 1. The predicted molar refractivity (Wildman–Crippen MR) is 104 cm³/mol. The molecule has 3 rings (SSSR count). The summed E-state index contributed by atoms with van der Waals surface area (Å²) in [6.07, 6.45) is 4.64. The molecule has 0 radical (unpaired) electrons. The van der Waals surface area contributed by atoms with E-state index >= 15 is 0 Å². The lowest BCUT2D eigenvalue weighted by atomic mass is 9.98. The summed E-state index contributed by atoms with van der Waals surface area (Å²) >= 11 is 1.35. The van der Waals surface area contributed by atoms with Crippen molar-refractivity contribution >= 4 is 27.7 Å². The topological polar surface area (TPSA) is 79.8 Å². The third kappa shape index (κ3) is 4.82. The number of carbonyl (C=O) groups is 1. The van der Waals surface area contributed by atoms with E-state index in [9.17, 15) is 13.2 Å². The Hall–Kier alpha value is -1.16. The number of morpholine rings is 1. The Labute approximate surface area is 165 Å². The molecule has 2 aliphatic heterocycles. The van der Waals surface area contributed by atoms with Gasteiger partial charge in [-0.25, -0.2) is 13.4 Å². The second-order valence-corrected chi connectivity index (χ2v) is 10.0. The molecule has 1 aromatic heterocycles. The number of nitrogens with zero attached hydrogens (tertiary/aromatic N) is 3. The number of carbonyl (C=O) groups excluding carboxylic acids is 1. The fourth-order valence-corrected chi connectivity index (χ4v) is 5.73. The zero-order valence-electron chi connectivity index (χ0n) is 15.8. The van der Waals surface area contributed by atoms with E-state index in [4.69, 9.17) is 4.74 Å². The summed E-state index contributed by atoms with van der Waals surface area (Å²) in [5.41, 5.74) is 0. The molecule has 0 spiro atoms. The number of ether oxygens (including phenoxy) is 1. The second kappa shape index (κ2) is 8.89. The highest BCUT2D eigenvalue weighted by Gasteiger charge is 2.29. The summed E-state index contributed by atoms with van der Waals surface area (Å²) in [5.74, 6) is 0.434.